The second-order valence-electron chi connectivity index (χ2n) is 6.70. The Kier molecular flexibility index (Phi) is 3.80. The van der Waals surface area contributed by atoms with Crippen molar-refractivity contribution in [1.29, 1.82) is 0 Å². The zero-order valence-corrected chi connectivity index (χ0v) is 15.5. The Hall–Kier alpha value is -1.94. The number of nitrogens with zero attached hydrogens (tertiary/aromatic N) is 2. The van der Waals surface area contributed by atoms with Gasteiger partial charge in [0.05, 0.1) is 5.69 Å². The number of nitrogens with one attached hydrogen (secondary N) is 1. The number of aromatic amines is 1. The summed E-state index contributed by atoms with van der Waals surface area (Å²) >= 11 is 3.54. The molecule has 1 fully saturated rings. The smallest absolute Gasteiger partial charge is 0.0968 e. The number of aromatic nitrogens is 3. The molecule has 0 aliphatic heterocycles. The van der Waals surface area contributed by atoms with Crippen LogP contribution in [0.1, 0.15) is 41.8 Å². The van der Waals surface area contributed by atoms with Gasteiger partial charge in [0, 0.05) is 33.0 Å². The number of H-pyrrole nitrogens is 1. The molecule has 2 aromatic heterocycles. The summed E-state index contributed by atoms with van der Waals surface area (Å²) in [6.45, 7) is 4.18. The van der Waals surface area contributed by atoms with E-state index in [1.165, 1.54) is 36.1 Å². The van der Waals surface area contributed by atoms with E-state index in [1.54, 1.807) is 0 Å². The molecule has 4 heteroatoms. The van der Waals surface area contributed by atoms with Crippen molar-refractivity contribution in [3.8, 4) is 11.3 Å². The quantitative estimate of drug-likeness (QED) is 0.666. The first-order chi connectivity index (χ1) is 11.6. The van der Waals surface area contributed by atoms with E-state index in [2.05, 4.69) is 68.4 Å². The maximum Gasteiger partial charge on any atom is 0.0968 e. The van der Waals surface area contributed by atoms with Crippen molar-refractivity contribution in [3.63, 3.8) is 0 Å². The van der Waals surface area contributed by atoms with E-state index >= 15 is 0 Å². The van der Waals surface area contributed by atoms with Gasteiger partial charge in [-0.1, -0.05) is 34.5 Å². The molecule has 0 unspecified atom stereocenters. The Morgan fingerprint density at radius 3 is 2.38 bits per heavy atom. The van der Waals surface area contributed by atoms with Gasteiger partial charge in [0.15, 0.2) is 0 Å². The number of benzene rings is 1. The standard InChI is InChI=1S/C20H20BrN3/c1-13-4-5-15(12-22-13)18-14(2)19(24-23-18)20(10-3-11-20)16-6-8-17(21)9-7-16/h4-9,12H,3,10-11H2,1-2H3,(H,23,24). The van der Waals surface area contributed by atoms with Crippen LogP contribution < -0.4 is 0 Å². The third-order valence-corrected chi connectivity index (χ3v) is 5.81. The fraction of sp³-hybridized carbons (Fsp3) is 0.300. The van der Waals surface area contributed by atoms with Gasteiger partial charge in [-0.05, 0) is 62.1 Å². The Morgan fingerprint density at radius 2 is 1.79 bits per heavy atom. The van der Waals surface area contributed by atoms with Gasteiger partial charge in [0.1, 0.15) is 0 Å². The predicted octanol–water partition coefficient (Wildman–Crippen LogP) is 5.32. The predicted molar refractivity (Wildman–Crippen MR) is 100 cm³/mol. The molecule has 1 aliphatic rings. The number of rotatable bonds is 3. The highest BCUT2D eigenvalue weighted by Gasteiger charge is 2.43. The van der Waals surface area contributed by atoms with Crippen LogP contribution in [0.3, 0.4) is 0 Å². The third-order valence-electron chi connectivity index (χ3n) is 5.28. The molecular formula is C20H20BrN3. The van der Waals surface area contributed by atoms with Crippen molar-refractivity contribution < 1.29 is 0 Å². The largest absolute Gasteiger partial charge is 0.281 e. The van der Waals surface area contributed by atoms with Gasteiger partial charge in [-0.15, -0.1) is 0 Å². The Morgan fingerprint density at radius 1 is 1.04 bits per heavy atom. The summed E-state index contributed by atoms with van der Waals surface area (Å²) in [7, 11) is 0. The van der Waals surface area contributed by atoms with Gasteiger partial charge in [0.2, 0.25) is 0 Å². The van der Waals surface area contributed by atoms with E-state index in [0.717, 1.165) is 21.4 Å². The van der Waals surface area contributed by atoms with Gasteiger partial charge in [0.25, 0.3) is 0 Å². The summed E-state index contributed by atoms with van der Waals surface area (Å²) in [6.07, 6.45) is 5.51. The molecule has 3 aromatic rings. The van der Waals surface area contributed by atoms with Gasteiger partial charge < -0.3 is 0 Å². The summed E-state index contributed by atoms with van der Waals surface area (Å²) in [6, 6.07) is 12.9. The molecule has 4 rings (SSSR count). The van der Waals surface area contributed by atoms with Gasteiger partial charge in [-0.2, -0.15) is 5.10 Å². The van der Waals surface area contributed by atoms with E-state index in [-0.39, 0.29) is 5.41 Å². The minimum absolute atomic E-state index is 0.0775. The summed E-state index contributed by atoms with van der Waals surface area (Å²) in [4.78, 5) is 4.41. The van der Waals surface area contributed by atoms with Crippen LogP contribution in [0.4, 0.5) is 0 Å². The summed E-state index contributed by atoms with van der Waals surface area (Å²) in [5.74, 6) is 0. The summed E-state index contributed by atoms with van der Waals surface area (Å²) in [5, 5.41) is 7.99. The lowest BCUT2D eigenvalue weighted by Crippen LogP contribution is -2.36. The Balaban J connectivity index is 1.78. The van der Waals surface area contributed by atoms with Crippen molar-refractivity contribution >= 4 is 15.9 Å². The average molecular weight is 382 g/mol. The molecule has 0 amide bonds. The molecule has 1 aromatic carbocycles. The molecular weight excluding hydrogens is 362 g/mol. The second-order valence-corrected chi connectivity index (χ2v) is 7.62. The topological polar surface area (TPSA) is 41.6 Å². The first kappa shape index (κ1) is 15.6. The van der Waals surface area contributed by atoms with Crippen LogP contribution in [-0.2, 0) is 5.41 Å². The monoisotopic (exact) mass is 381 g/mol. The van der Waals surface area contributed by atoms with Crippen molar-refractivity contribution in [1.82, 2.24) is 15.2 Å². The van der Waals surface area contributed by atoms with Crippen LogP contribution in [0.2, 0.25) is 0 Å². The molecule has 1 aliphatic carbocycles. The molecule has 2 heterocycles. The highest BCUT2D eigenvalue weighted by atomic mass is 79.9. The number of pyridine rings is 1. The van der Waals surface area contributed by atoms with E-state index in [1.807, 2.05) is 19.2 Å². The zero-order chi connectivity index (χ0) is 16.7. The van der Waals surface area contributed by atoms with Gasteiger partial charge in [-0.25, -0.2) is 0 Å². The lowest BCUT2D eigenvalue weighted by Gasteiger charge is -2.42. The molecule has 1 saturated carbocycles. The summed E-state index contributed by atoms with van der Waals surface area (Å²) in [5.41, 5.74) is 7.06. The van der Waals surface area contributed by atoms with E-state index < -0.39 is 0 Å². The van der Waals surface area contributed by atoms with E-state index in [0.29, 0.717) is 0 Å². The van der Waals surface area contributed by atoms with E-state index in [4.69, 9.17) is 0 Å². The first-order valence-electron chi connectivity index (χ1n) is 8.35. The fourth-order valence-electron chi connectivity index (χ4n) is 3.74. The van der Waals surface area contributed by atoms with Crippen LogP contribution in [0, 0.1) is 13.8 Å². The molecule has 3 nitrogen and oxygen atoms in total. The van der Waals surface area contributed by atoms with Crippen LogP contribution in [0.25, 0.3) is 11.3 Å². The number of hydrogen-bond donors (Lipinski definition) is 1. The molecule has 1 N–H and O–H groups in total. The fourth-order valence-corrected chi connectivity index (χ4v) is 4.00. The van der Waals surface area contributed by atoms with E-state index in [9.17, 15) is 0 Å². The van der Waals surface area contributed by atoms with Crippen molar-refractivity contribution in [2.45, 2.75) is 38.5 Å². The minimum Gasteiger partial charge on any atom is -0.281 e. The SMILES string of the molecule is Cc1ccc(-c2n[nH]c(C3(c4ccc(Br)cc4)CCC3)c2C)cn1. The van der Waals surface area contributed by atoms with Crippen molar-refractivity contribution in [3.05, 3.63) is 69.6 Å². The van der Waals surface area contributed by atoms with Crippen LogP contribution in [-0.4, -0.2) is 15.2 Å². The Bertz CT molecular complexity index is 859. The highest BCUT2D eigenvalue weighted by molar-refractivity contribution is 9.10. The summed E-state index contributed by atoms with van der Waals surface area (Å²) < 4.78 is 1.12. The maximum absolute atomic E-state index is 4.63. The molecule has 0 atom stereocenters. The first-order valence-corrected chi connectivity index (χ1v) is 9.14. The molecule has 0 radical (unpaired) electrons. The maximum atomic E-state index is 4.63. The average Bonchev–Trinajstić information content (AvgIpc) is 2.91. The van der Waals surface area contributed by atoms with Gasteiger partial charge >= 0.3 is 0 Å². The molecule has 0 saturated heterocycles. The zero-order valence-electron chi connectivity index (χ0n) is 13.9. The highest BCUT2D eigenvalue weighted by Crippen LogP contribution is 2.50. The van der Waals surface area contributed by atoms with Crippen LogP contribution in [0.15, 0.2) is 47.1 Å². The molecule has 122 valence electrons. The second kappa shape index (κ2) is 5.85. The minimum atomic E-state index is 0.0775. The lowest BCUT2D eigenvalue weighted by atomic mass is 9.61. The number of aryl methyl sites for hydroxylation is 1. The third kappa shape index (κ3) is 2.40. The van der Waals surface area contributed by atoms with Crippen LogP contribution in [0.5, 0.6) is 0 Å². The normalized spacial score (nSPS) is 16.0. The number of halogens is 1. The van der Waals surface area contributed by atoms with Crippen molar-refractivity contribution in [2.24, 2.45) is 0 Å². The Labute approximate surface area is 150 Å². The molecule has 0 spiro atoms. The number of hydrogen-bond acceptors (Lipinski definition) is 2. The lowest BCUT2D eigenvalue weighted by molar-refractivity contribution is 0.292. The van der Waals surface area contributed by atoms with Gasteiger partial charge in [-0.3, -0.25) is 10.1 Å². The molecule has 0 bridgehead atoms. The van der Waals surface area contributed by atoms with Crippen LogP contribution >= 0.6 is 15.9 Å². The van der Waals surface area contributed by atoms with Crippen molar-refractivity contribution in [2.75, 3.05) is 0 Å². The molecule has 24 heavy (non-hydrogen) atoms.